The molecule has 0 radical (unpaired) electrons. The molecule has 0 aliphatic heterocycles. The highest BCUT2D eigenvalue weighted by Crippen LogP contribution is 2.28. The first-order valence-corrected chi connectivity index (χ1v) is 4.79. The summed E-state index contributed by atoms with van der Waals surface area (Å²) >= 11 is 0. The summed E-state index contributed by atoms with van der Waals surface area (Å²) < 4.78 is 10.4. The number of hydrogen-bond acceptors (Lipinski definition) is 4. The summed E-state index contributed by atoms with van der Waals surface area (Å²) in [5.41, 5.74) is 6.58. The maximum absolute atomic E-state index is 8.92. The molecular formula is C11H18ClNO3. The zero-order chi connectivity index (χ0) is 11.3. The monoisotopic (exact) mass is 247 g/mol. The van der Waals surface area contributed by atoms with E-state index in [0.29, 0.717) is 6.42 Å². The Balaban J connectivity index is 0.00000225. The first-order chi connectivity index (χ1) is 7.22. The van der Waals surface area contributed by atoms with E-state index >= 15 is 0 Å². The number of ether oxygens (including phenoxy) is 2. The summed E-state index contributed by atoms with van der Waals surface area (Å²) in [7, 11) is 3.20. The van der Waals surface area contributed by atoms with Gasteiger partial charge in [-0.2, -0.15) is 0 Å². The normalized spacial score (nSPS) is 11.5. The molecule has 0 aliphatic carbocycles. The van der Waals surface area contributed by atoms with Crippen molar-refractivity contribution in [3.63, 3.8) is 0 Å². The molecule has 0 spiro atoms. The van der Waals surface area contributed by atoms with E-state index in [1.54, 1.807) is 14.2 Å². The van der Waals surface area contributed by atoms with Gasteiger partial charge in [0.25, 0.3) is 0 Å². The smallest absolute Gasteiger partial charge is 0.125 e. The Kier molecular flexibility index (Phi) is 6.88. The van der Waals surface area contributed by atoms with Crippen LogP contribution in [-0.2, 0) is 6.42 Å². The minimum absolute atomic E-state index is 0. The lowest BCUT2D eigenvalue weighted by Crippen LogP contribution is -2.27. The first-order valence-electron chi connectivity index (χ1n) is 4.79. The van der Waals surface area contributed by atoms with Crippen LogP contribution in [0.4, 0.5) is 0 Å². The molecule has 1 aromatic carbocycles. The van der Waals surface area contributed by atoms with Crippen LogP contribution in [0.3, 0.4) is 0 Å². The Morgan fingerprint density at radius 3 is 2.12 bits per heavy atom. The van der Waals surface area contributed by atoms with Crippen LogP contribution in [-0.4, -0.2) is 32.0 Å². The van der Waals surface area contributed by atoms with E-state index < -0.39 is 0 Å². The lowest BCUT2D eigenvalue weighted by atomic mass is 10.0. The van der Waals surface area contributed by atoms with Gasteiger partial charge in [0.05, 0.1) is 20.8 Å². The second kappa shape index (κ2) is 7.33. The van der Waals surface area contributed by atoms with Gasteiger partial charge in [-0.05, 0) is 18.6 Å². The van der Waals surface area contributed by atoms with Crippen LogP contribution in [0.1, 0.15) is 5.56 Å². The average molecular weight is 248 g/mol. The van der Waals surface area contributed by atoms with E-state index in [4.69, 9.17) is 20.3 Å². The predicted molar refractivity (Wildman–Crippen MR) is 65.6 cm³/mol. The van der Waals surface area contributed by atoms with E-state index in [1.165, 1.54) is 0 Å². The molecule has 0 aliphatic rings. The SMILES string of the molecule is COc1cccc(OC)c1CC(N)CO.Cl. The number of halogens is 1. The fourth-order valence-corrected chi connectivity index (χ4v) is 1.46. The van der Waals surface area contributed by atoms with Gasteiger partial charge in [0.15, 0.2) is 0 Å². The fourth-order valence-electron chi connectivity index (χ4n) is 1.46. The zero-order valence-electron chi connectivity index (χ0n) is 9.47. The highest BCUT2D eigenvalue weighted by atomic mass is 35.5. The summed E-state index contributed by atoms with van der Waals surface area (Å²) in [5, 5.41) is 8.92. The van der Waals surface area contributed by atoms with Crippen LogP contribution >= 0.6 is 12.4 Å². The van der Waals surface area contributed by atoms with Crippen molar-refractivity contribution >= 4 is 12.4 Å². The molecule has 16 heavy (non-hydrogen) atoms. The standard InChI is InChI=1S/C11H17NO3.ClH/c1-14-10-4-3-5-11(15-2)9(10)6-8(12)7-13;/h3-5,8,13H,6-7,12H2,1-2H3;1H. The Morgan fingerprint density at radius 1 is 1.25 bits per heavy atom. The van der Waals surface area contributed by atoms with Crippen LogP contribution in [0.25, 0.3) is 0 Å². The summed E-state index contributed by atoms with van der Waals surface area (Å²) in [5.74, 6) is 1.47. The van der Waals surface area contributed by atoms with Gasteiger partial charge in [-0.15, -0.1) is 12.4 Å². The van der Waals surface area contributed by atoms with Gasteiger partial charge in [0.1, 0.15) is 11.5 Å². The van der Waals surface area contributed by atoms with Crippen LogP contribution < -0.4 is 15.2 Å². The number of aliphatic hydroxyl groups excluding tert-OH is 1. The number of rotatable bonds is 5. The van der Waals surface area contributed by atoms with Crippen molar-refractivity contribution in [1.29, 1.82) is 0 Å². The molecule has 1 unspecified atom stereocenters. The third-order valence-electron chi connectivity index (χ3n) is 2.23. The first kappa shape index (κ1) is 15.0. The molecule has 0 aromatic heterocycles. The number of methoxy groups -OCH3 is 2. The third kappa shape index (κ3) is 3.56. The van der Waals surface area contributed by atoms with Gasteiger partial charge in [-0.3, -0.25) is 0 Å². The van der Waals surface area contributed by atoms with E-state index in [0.717, 1.165) is 17.1 Å². The highest BCUT2D eigenvalue weighted by Gasteiger charge is 2.12. The molecule has 0 bridgehead atoms. The Morgan fingerprint density at radius 2 is 1.75 bits per heavy atom. The summed E-state index contributed by atoms with van der Waals surface area (Å²) in [6.45, 7) is -0.0544. The molecular weight excluding hydrogens is 230 g/mol. The molecule has 0 amide bonds. The fraction of sp³-hybridized carbons (Fsp3) is 0.455. The van der Waals surface area contributed by atoms with Crippen LogP contribution in [0.15, 0.2) is 18.2 Å². The highest BCUT2D eigenvalue weighted by molar-refractivity contribution is 5.85. The Bertz CT molecular complexity index is 298. The van der Waals surface area contributed by atoms with Crippen molar-refractivity contribution in [3.05, 3.63) is 23.8 Å². The molecule has 1 atom stereocenters. The lowest BCUT2D eigenvalue weighted by Gasteiger charge is -2.15. The van der Waals surface area contributed by atoms with E-state index in [9.17, 15) is 0 Å². The third-order valence-corrected chi connectivity index (χ3v) is 2.23. The minimum atomic E-state index is -0.296. The van der Waals surface area contributed by atoms with Crippen LogP contribution in [0, 0.1) is 0 Å². The van der Waals surface area contributed by atoms with Crippen LogP contribution in [0.2, 0.25) is 0 Å². The Labute approximate surface area is 102 Å². The van der Waals surface area contributed by atoms with Crippen molar-refractivity contribution in [3.8, 4) is 11.5 Å². The van der Waals surface area contributed by atoms with Crippen molar-refractivity contribution in [2.24, 2.45) is 5.73 Å². The molecule has 0 saturated carbocycles. The van der Waals surface area contributed by atoms with Gasteiger partial charge in [-0.1, -0.05) is 6.07 Å². The molecule has 3 N–H and O–H groups in total. The molecule has 5 heteroatoms. The second-order valence-electron chi connectivity index (χ2n) is 3.29. The predicted octanol–water partition coefficient (Wildman–Crippen LogP) is 0.988. The zero-order valence-corrected chi connectivity index (χ0v) is 10.3. The van der Waals surface area contributed by atoms with Crippen molar-refractivity contribution < 1.29 is 14.6 Å². The molecule has 1 rings (SSSR count). The molecule has 0 saturated heterocycles. The minimum Gasteiger partial charge on any atom is -0.496 e. The van der Waals surface area contributed by atoms with Gasteiger partial charge < -0.3 is 20.3 Å². The quantitative estimate of drug-likeness (QED) is 0.815. The number of hydrogen-bond donors (Lipinski definition) is 2. The van der Waals surface area contributed by atoms with E-state index in [2.05, 4.69) is 0 Å². The summed E-state index contributed by atoms with van der Waals surface area (Å²) in [4.78, 5) is 0. The topological polar surface area (TPSA) is 64.7 Å². The number of aliphatic hydroxyl groups is 1. The maximum atomic E-state index is 8.92. The van der Waals surface area contributed by atoms with Crippen molar-refractivity contribution in [1.82, 2.24) is 0 Å². The van der Waals surface area contributed by atoms with Crippen LogP contribution in [0.5, 0.6) is 11.5 Å². The molecule has 92 valence electrons. The molecule has 1 aromatic rings. The molecule has 0 fully saturated rings. The second-order valence-corrected chi connectivity index (χ2v) is 3.29. The largest absolute Gasteiger partial charge is 0.496 e. The van der Waals surface area contributed by atoms with Gasteiger partial charge in [0.2, 0.25) is 0 Å². The van der Waals surface area contributed by atoms with Crippen molar-refractivity contribution in [2.75, 3.05) is 20.8 Å². The summed E-state index contributed by atoms with van der Waals surface area (Å²) in [6.07, 6.45) is 0.531. The molecule has 4 nitrogen and oxygen atoms in total. The number of benzene rings is 1. The summed E-state index contributed by atoms with van der Waals surface area (Å²) in [6, 6.07) is 5.26. The van der Waals surface area contributed by atoms with Gasteiger partial charge in [0, 0.05) is 11.6 Å². The van der Waals surface area contributed by atoms with Gasteiger partial charge >= 0.3 is 0 Å². The van der Waals surface area contributed by atoms with Gasteiger partial charge in [-0.25, -0.2) is 0 Å². The maximum Gasteiger partial charge on any atom is 0.125 e. The number of nitrogens with two attached hydrogens (primary N) is 1. The average Bonchev–Trinajstić information content (AvgIpc) is 2.29. The lowest BCUT2D eigenvalue weighted by molar-refractivity contribution is 0.263. The van der Waals surface area contributed by atoms with E-state index in [-0.39, 0.29) is 25.1 Å². The molecule has 0 heterocycles. The Hall–Kier alpha value is -0.970. The van der Waals surface area contributed by atoms with E-state index in [1.807, 2.05) is 18.2 Å². The van der Waals surface area contributed by atoms with Crippen molar-refractivity contribution in [2.45, 2.75) is 12.5 Å².